The van der Waals surface area contributed by atoms with E-state index in [4.69, 9.17) is 5.73 Å². The molecule has 0 radical (unpaired) electrons. The van der Waals surface area contributed by atoms with Crippen LogP contribution < -0.4 is 27.0 Å². The molecule has 0 saturated heterocycles. The van der Waals surface area contributed by atoms with Gasteiger partial charge in [0.1, 0.15) is 17.6 Å². The van der Waals surface area contributed by atoms with E-state index in [-0.39, 0.29) is 32.2 Å². The van der Waals surface area contributed by atoms with Crippen LogP contribution in [0.5, 0.6) is 0 Å². The second-order valence-electron chi connectivity index (χ2n) is 14.6. The van der Waals surface area contributed by atoms with Crippen LogP contribution in [0.25, 0.3) is 10.8 Å². The number of rotatable bonds is 10. The van der Waals surface area contributed by atoms with Crippen LogP contribution in [0, 0.1) is 5.92 Å². The Morgan fingerprint density at radius 2 is 1.52 bits per heavy atom. The highest BCUT2D eigenvalue weighted by atomic mass is 31.2. The molecule has 2 unspecified atom stereocenters. The molecule has 5 rings (SSSR count). The first-order chi connectivity index (χ1) is 26.6. The lowest BCUT2D eigenvalue weighted by molar-refractivity contribution is -0.144. The van der Waals surface area contributed by atoms with Gasteiger partial charge in [-0.05, 0) is 59.1 Å². The number of fused-ring (bicyclic) bond motifs is 1. The van der Waals surface area contributed by atoms with Crippen LogP contribution in [0.3, 0.4) is 0 Å². The summed E-state index contributed by atoms with van der Waals surface area (Å²) in [5.41, 5.74) is 5.64. The number of carbonyl (C=O) groups is 6. The van der Waals surface area contributed by atoms with Gasteiger partial charge in [-0.3, -0.25) is 33.3 Å². The molecule has 56 heavy (non-hydrogen) atoms. The van der Waals surface area contributed by atoms with Crippen molar-refractivity contribution in [3.63, 3.8) is 0 Å². The Balaban J connectivity index is 1.52. The van der Waals surface area contributed by atoms with Gasteiger partial charge in [0.15, 0.2) is 0 Å². The zero-order chi connectivity index (χ0) is 40.5. The number of carbonyl (C=O) groups excluding carboxylic acids is 5. The third kappa shape index (κ3) is 11.1. The van der Waals surface area contributed by atoms with E-state index in [1.54, 1.807) is 24.3 Å². The fourth-order valence-corrected chi connectivity index (χ4v) is 8.26. The Hall–Kier alpha value is -5.37. The number of carboxylic acid groups (broad SMARTS) is 1. The monoisotopic (exact) mass is 789 g/mol. The zero-order valence-electron chi connectivity index (χ0n) is 30.8. The first kappa shape index (κ1) is 41.8. The van der Waals surface area contributed by atoms with Crippen molar-refractivity contribution in [3.8, 4) is 0 Å². The van der Waals surface area contributed by atoms with Gasteiger partial charge < -0.3 is 41.9 Å². The van der Waals surface area contributed by atoms with Gasteiger partial charge in [-0.1, -0.05) is 98.1 Å². The quantitative estimate of drug-likeness (QED) is 0.110. The van der Waals surface area contributed by atoms with E-state index < -0.39 is 91.6 Å². The molecule has 3 aromatic carbocycles. The number of aliphatic carboxylic acids is 1. The Kier molecular flexibility index (Phi) is 13.8. The third-order valence-corrected chi connectivity index (χ3v) is 11.2. The van der Waals surface area contributed by atoms with Crippen LogP contribution in [0.2, 0.25) is 0 Å². The van der Waals surface area contributed by atoms with E-state index in [2.05, 4.69) is 21.3 Å². The highest BCUT2D eigenvalue weighted by molar-refractivity contribution is 7.50. The summed E-state index contributed by atoms with van der Waals surface area (Å²) in [5.74, 6) is -7.01. The lowest BCUT2D eigenvalue weighted by Gasteiger charge is -2.39. The van der Waals surface area contributed by atoms with Gasteiger partial charge in [-0.25, -0.2) is 0 Å². The van der Waals surface area contributed by atoms with E-state index in [1.807, 2.05) is 42.5 Å². The summed E-state index contributed by atoms with van der Waals surface area (Å²) >= 11 is 0. The largest absolute Gasteiger partial charge is 0.481 e. The van der Waals surface area contributed by atoms with Gasteiger partial charge in [-0.2, -0.15) is 0 Å². The van der Waals surface area contributed by atoms with Crippen molar-refractivity contribution in [3.05, 3.63) is 95.6 Å². The van der Waals surface area contributed by atoms with E-state index in [0.29, 0.717) is 24.0 Å². The molecular weight excluding hydrogens is 741 g/mol. The van der Waals surface area contributed by atoms with Crippen molar-refractivity contribution >= 4 is 53.9 Å². The number of primary amides is 1. The van der Waals surface area contributed by atoms with Gasteiger partial charge in [-0.15, -0.1) is 0 Å². The summed E-state index contributed by atoms with van der Waals surface area (Å²) in [4.78, 5) is 99.6. The van der Waals surface area contributed by atoms with Crippen molar-refractivity contribution < 1.29 is 48.2 Å². The summed E-state index contributed by atoms with van der Waals surface area (Å²) < 4.78 is 11.7. The van der Waals surface area contributed by atoms with Crippen LogP contribution in [0.15, 0.2) is 78.9 Å². The molecule has 15 nitrogen and oxygen atoms in total. The van der Waals surface area contributed by atoms with Gasteiger partial charge >= 0.3 is 13.6 Å². The summed E-state index contributed by atoms with van der Waals surface area (Å²) in [6.07, 6.45) is 3.80. The Labute approximate surface area is 324 Å². The second kappa shape index (κ2) is 18.5. The molecule has 9 N–H and O–H groups in total. The highest BCUT2D eigenvalue weighted by Crippen LogP contribution is 2.40. The van der Waals surface area contributed by atoms with Crippen LogP contribution in [-0.4, -0.2) is 68.0 Å². The SMILES string of the molecule is NC(=O)CC1NC(=O)C2(CCCCC2)NC(=O)[C@@H](CC(=O)O)[C@H](c2ccc(CP(=O)(O)O)cc2)C/C=C/CC(C(=O)NCc2cccc3ccccc23)NC1=O. The lowest BCUT2D eigenvalue weighted by Crippen LogP contribution is -2.64. The van der Waals surface area contributed by atoms with Crippen LogP contribution in [-0.2, 0) is 46.0 Å². The molecule has 1 heterocycles. The lowest BCUT2D eigenvalue weighted by atomic mass is 9.77. The number of nitrogens with two attached hydrogens (primary N) is 1. The maximum absolute atomic E-state index is 14.3. The number of carboxylic acids is 1. The zero-order valence-corrected chi connectivity index (χ0v) is 31.7. The molecule has 1 aliphatic carbocycles. The van der Waals surface area contributed by atoms with Gasteiger partial charge in [0.25, 0.3) is 0 Å². The topological polar surface area (TPSA) is 254 Å². The molecule has 1 spiro atoms. The highest BCUT2D eigenvalue weighted by Gasteiger charge is 2.45. The third-order valence-electron chi connectivity index (χ3n) is 10.4. The van der Waals surface area contributed by atoms with Gasteiger partial charge in [0, 0.05) is 6.54 Å². The second-order valence-corrected chi connectivity index (χ2v) is 16.2. The molecule has 1 saturated carbocycles. The first-order valence-corrected chi connectivity index (χ1v) is 20.4. The maximum atomic E-state index is 14.3. The molecule has 0 aromatic heterocycles. The molecule has 0 bridgehead atoms. The Morgan fingerprint density at radius 3 is 2.20 bits per heavy atom. The summed E-state index contributed by atoms with van der Waals surface area (Å²) in [6.45, 7) is 0.130. The van der Waals surface area contributed by atoms with E-state index in [0.717, 1.165) is 22.8 Å². The fraction of sp³-hybridized carbons (Fsp3) is 0.400. The number of allylic oxidation sites excluding steroid dienone is 1. The molecule has 2 aliphatic rings. The van der Waals surface area contributed by atoms with Crippen molar-refractivity contribution in [2.75, 3.05) is 0 Å². The Morgan fingerprint density at radius 1 is 0.839 bits per heavy atom. The number of hydrogen-bond donors (Lipinski definition) is 8. The molecule has 5 amide bonds. The number of hydrogen-bond acceptors (Lipinski definition) is 7. The summed E-state index contributed by atoms with van der Waals surface area (Å²) in [6, 6.07) is 16.9. The van der Waals surface area contributed by atoms with Gasteiger partial charge in [0.2, 0.25) is 29.5 Å². The molecule has 1 fully saturated rings. The predicted molar refractivity (Wildman–Crippen MR) is 206 cm³/mol. The van der Waals surface area contributed by atoms with E-state index in [9.17, 15) is 48.2 Å². The first-order valence-electron chi connectivity index (χ1n) is 18.6. The fourth-order valence-electron chi connectivity index (χ4n) is 7.58. The maximum Gasteiger partial charge on any atom is 0.329 e. The van der Waals surface area contributed by atoms with Crippen LogP contribution >= 0.6 is 7.60 Å². The minimum atomic E-state index is -4.39. The van der Waals surface area contributed by atoms with Crippen LogP contribution in [0.4, 0.5) is 0 Å². The molecule has 3 aromatic rings. The minimum absolute atomic E-state index is 0.0575. The number of amides is 5. The molecule has 4 atom stereocenters. The number of benzene rings is 3. The molecular formula is C40H48N5O10P. The predicted octanol–water partition coefficient (Wildman–Crippen LogP) is 3.02. The number of nitrogens with one attached hydrogen (secondary N) is 4. The van der Waals surface area contributed by atoms with E-state index >= 15 is 0 Å². The molecule has 298 valence electrons. The van der Waals surface area contributed by atoms with Crippen molar-refractivity contribution in [2.24, 2.45) is 11.7 Å². The average Bonchev–Trinajstić information content (AvgIpc) is 3.15. The van der Waals surface area contributed by atoms with Crippen molar-refractivity contribution in [2.45, 2.75) is 94.0 Å². The summed E-state index contributed by atoms with van der Waals surface area (Å²) in [5, 5.41) is 23.0. The van der Waals surface area contributed by atoms with Gasteiger partial charge in [0.05, 0.1) is 24.9 Å². The Bertz CT molecular complexity index is 2020. The average molecular weight is 790 g/mol. The van der Waals surface area contributed by atoms with Crippen molar-refractivity contribution in [1.29, 1.82) is 0 Å². The standard InChI is InChI=1S/C40H48N5O10P/c41-34(46)22-33-38(51)43-32(37(50)42-23-28-11-8-10-26-9-2-3-12-29(26)28)14-5-4-13-30(27-17-15-25(16-18-27)24-56(53,54)55)31(21-35(47)48)36(49)45-40(39(52)44-33)19-6-1-7-20-40/h2-5,8-12,15-18,30-33H,1,6-7,13-14,19-24H2,(H2,41,46)(H,42,50)(H,43,51)(H,44,52)(H,45,49)(H,47,48)(H2,53,54,55)/b5-4+/t30-,31-,32?,33?/m0/s1. The summed E-state index contributed by atoms with van der Waals surface area (Å²) in [7, 11) is -4.39. The van der Waals surface area contributed by atoms with Crippen LogP contribution in [0.1, 0.15) is 80.4 Å². The smallest absolute Gasteiger partial charge is 0.329 e. The normalized spacial score (nSPS) is 22.8. The molecule has 16 heteroatoms. The minimum Gasteiger partial charge on any atom is -0.481 e. The molecule has 1 aliphatic heterocycles. The van der Waals surface area contributed by atoms with E-state index in [1.165, 1.54) is 12.1 Å². The van der Waals surface area contributed by atoms with Crippen molar-refractivity contribution in [1.82, 2.24) is 21.3 Å².